The highest BCUT2D eigenvalue weighted by Crippen LogP contribution is 2.25. The van der Waals surface area contributed by atoms with Crippen LogP contribution in [-0.4, -0.2) is 14.5 Å². The Labute approximate surface area is 126 Å². The first-order valence-corrected chi connectivity index (χ1v) is 7.93. The number of pyridine rings is 1. The molecule has 0 N–H and O–H groups in total. The summed E-state index contributed by atoms with van der Waals surface area (Å²) in [6, 6.07) is 8.36. The van der Waals surface area contributed by atoms with E-state index < -0.39 is 0 Å². The van der Waals surface area contributed by atoms with E-state index in [9.17, 15) is 0 Å². The molecule has 21 heavy (non-hydrogen) atoms. The van der Waals surface area contributed by atoms with Crippen LogP contribution in [0.2, 0.25) is 0 Å². The Hall–Kier alpha value is -1.90. The summed E-state index contributed by atoms with van der Waals surface area (Å²) in [5.74, 6) is 1.93. The van der Waals surface area contributed by atoms with E-state index in [2.05, 4.69) is 48.5 Å². The summed E-state index contributed by atoms with van der Waals surface area (Å²) in [6.07, 6.45) is 5.33. The summed E-state index contributed by atoms with van der Waals surface area (Å²) in [7, 11) is 0. The molecule has 0 atom stereocenters. The summed E-state index contributed by atoms with van der Waals surface area (Å²) in [4.78, 5) is 9.31. The van der Waals surface area contributed by atoms with Crippen molar-refractivity contribution in [3.8, 4) is 0 Å². The topological polar surface area (TPSA) is 30.7 Å². The Balaban J connectivity index is 2.12. The average Bonchev–Trinajstić information content (AvgIpc) is 2.85. The summed E-state index contributed by atoms with van der Waals surface area (Å²) in [5.41, 5.74) is 3.33. The summed E-state index contributed by atoms with van der Waals surface area (Å²) in [6.45, 7) is 7.79. The molecule has 0 spiro atoms. The van der Waals surface area contributed by atoms with E-state index in [0.29, 0.717) is 0 Å². The van der Waals surface area contributed by atoms with Gasteiger partial charge in [-0.1, -0.05) is 39.0 Å². The number of rotatable bonds is 5. The number of benzene rings is 1. The zero-order valence-corrected chi connectivity index (χ0v) is 13.1. The second-order valence-electron chi connectivity index (χ2n) is 6.08. The Morgan fingerprint density at radius 3 is 2.71 bits per heavy atom. The van der Waals surface area contributed by atoms with E-state index in [-0.39, 0.29) is 0 Å². The lowest BCUT2D eigenvalue weighted by atomic mass is 10.1. The lowest BCUT2D eigenvalue weighted by Crippen LogP contribution is -2.04. The standard InChI is InChI=1S/C18H23N3/c1-4-17-20-16-12-19-15-10-6-5-9-14(15)18(16)21(17)11-7-8-13(2)3/h5-6,9-10,12-13H,4,7-8,11H2,1-3H3. The van der Waals surface area contributed by atoms with Gasteiger partial charge in [0.2, 0.25) is 0 Å². The molecular formula is C18H23N3. The van der Waals surface area contributed by atoms with Crippen LogP contribution in [0, 0.1) is 5.92 Å². The highest BCUT2D eigenvalue weighted by molar-refractivity contribution is 6.02. The van der Waals surface area contributed by atoms with Crippen molar-refractivity contribution in [1.82, 2.24) is 14.5 Å². The van der Waals surface area contributed by atoms with Crippen molar-refractivity contribution in [2.24, 2.45) is 5.92 Å². The first kappa shape index (κ1) is 14.1. The Kier molecular flexibility index (Phi) is 3.91. The van der Waals surface area contributed by atoms with Gasteiger partial charge in [-0.25, -0.2) is 4.98 Å². The normalized spacial score (nSPS) is 11.8. The van der Waals surface area contributed by atoms with Gasteiger partial charge in [-0.05, 0) is 24.8 Å². The number of fused-ring (bicyclic) bond motifs is 3. The fraction of sp³-hybridized carbons (Fsp3) is 0.444. The molecule has 0 unspecified atom stereocenters. The van der Waals surface area contributed by atoms with Crippen LogP contribution in [0.5, 0.6) is 0 Å². The lowest BCUT2D eigenvalue weighted by Gasteiger charge is -2.10. The fourth-order valence-corrected chi connectivity index (χ4v) is 2.98. The molecule has 0 aliphatic rings. The molecule has 0 aliphatic carbocycles. The predicted molar refractivity (Wildman–Crippen MR) is 88.5 cm³/mol. The fourth-order valence-electron chi connectivity index (χ4n) is 2.98. The van der Waals surface area contributed by atoms with Gasteiger partial charge in [-0.15, -0.1) is 0 Å². The van der Waals surface area contributed by atoms with Crippen molar-refractivity contribution in [2.45, 2.75) is 46.6 Å². The molecule has 2 heterocycles. The van der Waals surface area contributed by atoms with E-state index >= 15 is 0 Å². The van der Waals surface area contributed by atoms with Crippen molar-refractivity contribution in [3.05, 3.63) is 36.3 Å². The monoisotopic (exact) mass is 281 g/mol. The molecule has 3 rings (SSSR count). The van der Waals surface area contributed by atoms with Crippen LogP contribution in [0.15, 0.2) is 30.5 Å². The minimum Gasteiger partial charge on any atom is -0.327 e. The Morgan fingerprint density at radius 1 is 1.14 bits per heavy atom. The van der Waals surface area contributed by atoms with Crippen LogP contribution in [0.3, 0.4) is 0 Å². The van der Waals surface area contributed by atoms with Gasteiger partial charge in [0, 0.05) is 18.4 Å². The molecule has 1 aromatic carbocycles. The van der Waals surface area contributed by atoms with E-state index in [1.165, 1.54) is 29.6 Å². The van der Waals surface area contributed by atoms with E-state index in [0.717, 1.165) is 29.9 Å². The highest BCUT2D eigenvalue weighted by Gasteiger charge is 2.12. The van der Waals surface area contributed by atoms with Crippen LogP contribution in [-0.2, 0) is 13.0 Å². The molecule has 2 aromatic heterocycles. The number of hydrogen-bond acceptors (Lipinski definition) is 2. The molecule has 0 bridgehead atoms. The van der Waals surface area contributed by atoms with E-state index in [4.69, 9.17) is 4.98 Å². The molecule has 3 nitrogen and oxygen atoms in total. The molecule has 0 saturated carbocycles. The molecule has 0 aliphatic heterocycles. The maximum atomic E-state index is 4.78. The zero-order chi connectivity index (χ0) is 14.8. The molecule has 0 amide bonds. The highest BCUT2D eigenvalue weighted by atomic mass is 15.1. The van der Waals surface area contributed by atoms with Crippen molar-refractivity contribution in [1.29, 1.82) is 0 Å². The van der Waals surface area contributed by atoms with Crippen molar-refractivity contribution in [3.63, 3.8) is 0 Å². The number of para-hydroxylation sites is 1. The van der Waals surface area contributed by atoms with Gasteiger partial charge in [0.05, 0.1) is 17.2 Å². The first-order valence-electron chi connectivity index (χ1n) is 7.93. The maximum absolute atomic E-state index is 4.78. The first-order chi connectivity index (χ1) is 10.2. The van der Waals surface area contributed by atoms with Crippen LogP contribution in [0.4, 0.5) is 0 Å². The predicted octanol–water partition coefficient (Wildman–Crippen LogP) is 4.58. The van der Waals surface area contributed by atoms with Gasteiger partial charge in [0.25, 0.3) is 0 Å². The number of imidazole rings is 1. The van der Waals surface area contributed by atoms with Gasteiger partial charge in [-0.3, -0.25) is 4.98 Å². The van der Waals surface area contributed by atoms with Gasteiger partial charge in [0.15, 0.2) is 0 Å². The second kappa shape index (κ2) is 5.84. The second-order valence-corrected chi connectivity index (χ2v) is 6.08. The van der Waals surface area contributed by atoms with Crippen molar-refractivity contribution >= 4 is 21.9 Å². The molecular weight excluding hydrogens is 258 g/mol. The molecule has 0 fully saturated rings. The smallest absolute Gasteiger partial charge is 0.109 e. The average molecular weight is 281 g/mol. The van der Waals surface area contributed by atoms with Crippen LogP contribution in [0.1, 0.15) is 39.4 Å². The van der Waals surface area contributed by atoms with Gasteiger partial charge < -0.3 is 4.57 Å². The molecule has 0 saturated heterocycles. The largest absolute Gasteiger partial charge is 0.327 e. The third-order valence-corrected chi connectivity index (χ3v) is 4.04. The number of aromatic nitrogens is 3. The summed E-state index contributed by atoms with van der Waals surface area (Å²) in [5, 5.41) is 1.21. The van der Waals surface area contributed by atoms with Gasteiger partial charge >= 0.3 is 0 Å². The number of nitrogens with zero attached hydrogens (tertiary/aromatic N) is 3. The Morgan fingerprint density at radius 2 is 1.95 bits per heavy atom. The Bertz CT molecular complexity index is 756. The molecule has 3 aromatic rings. The van der Waals surface area contributed by atoms with Crippen molar-refractivity contribution < 1.29 is 0 Å². The number of aryl methyl sites for hydroxylation is 2. The SMILES string of the molecule is CCc1nc2cnc3ccccc3c2n1CCCC(C)C. The minimum atomic E-state index is 0.753. The van der Waals surface area contributed by atoms with E-state index in [1.807, 2.05) is 12.3 Å². The summed E-state index contributed by atoms with van der Waals surface area (Å²) < 4.78 is 2.40. The van der Waals surface area contributed by atoms with Gasteiger partial charge in [-0.2, -0.15) is 0 Å². The van der Waals surface area contributed by atoms with Gasteiger partial charge in [0.1, 0.15) is 11.3 Å². The van der Waals surface area contributed by atoms with Crippen LogP contribution >= 0.6 is 0 Å². The maximum Gasteiger partial charge on any atom is 0.109 e. The van der Waals surface area contributed by atoms with E-state index in [1.54, 1.807) is 0 Å². The molecule has 110 valence electrons. The number of hydrogen-bond donors (Lipinski definition) is 0. The minimum absolute atomic E-state index is 0.753. The zero-order valence-electron chi connectivity index (χ0n) is 13.1. The quantitative estimate of drug-likeness (QED) is 0.685. The lowest BCUT2D eigenvalue weighted by molar-refractivity contribution is 0.510. The third kappa shape index (κ3) is 2.65. The third-order valence-electron chi connectivity index (χ3n) is 4.04. The molecule has 3 heteroatoms. The molecule has 0 radical (unpaired) electrons. The van der Waals surface area contributed by atoms with Crippen LogP contribution < -0.4 is 0 Å². The summed E-state index contributed by atoms with van der Waals surface area (Å²) >= 11 is 0. The van der Waals surface area contributed by atoms with Crippen molar-refractivity contribution in [2.75, 3.05) is 0 Å². The van der Waals surface area contributed by atoms with Crippen LogP contribution in [0.25, 0.3) is 21.9 Å².